The van der Waals surface area contributed by atoms with Gasteiger partial charge in [0.15, 0.2) is 15.5 Å². The van der Waals surface area contributed by atoms with Crippen molar-refractivity contribution in [3.8, 4) is 11.5 Å². The van der Waals surface area contributed by atoms with Gasteiger partial charge in [-0.3, -0.25) is 0 Å². The van der Waals surface area contributed by atoms with Gasteiger partial charge in [0.1, 0.15) is 24.2 Å². The van der Waals surface area contributed by atoms with Gasteiger partial charge in [0.25, 0.3) is 0 Å². The van der Waals surface area contributed by atoms with Crippen molar-refractivity contribution in [2.45, 2.75) is 11.8 Å². The minimum atomic E-state index is -3.56. The summed E-state index contributed by atoms with van der Waals surface area (Å²) in [5.41, 5.74) is 7.05. The Morgan fingerprint density at radius 2 is 1.73 bits per heavy atom. The summed E-state index contributed by atoms with van der Waals surface area (Å²) >= 11 is 0. The third-order valence-corrected chi connectivity index (χ3v) is 8.24. The summed E-state index contributed by atoms with van der Waals surface area (Å²) in [5.74, 6) is 0.856. The highest BCUT2D eigenvalue weighted by Gasteiger charge is 2.42. The van der Waals surface area contributed by atoms with E-state index < -0.39 is 19.9 Å². The summed E-state index contributed by atoms with van der Waals surface area (Å²) in [6, 6.07) is 12.9. The van der Waals surface area contributed by atoms with Gasteiger partial charge in [-0.25, -0.2) is 8.42 Å². The van der Waals surface area contributed by atoms with Crippen LogP contribution in [0, 0.1) is 0 Å². The van der Waals surface area contributed by atoms with Crippen LogP contribution in [0.3, 0.4) is 0 Å². The molecule has 160 valence electrons. The lowest BCUT2D eigenvalue weighted by molar-refractivity contribution is 0.477. The van der Waals surface area contributed by atoms with E-state index in [0.29, 0.717) is 17.2 Å². The second-order valence-corrected chi connectivity index (χ2v) is 11.4. The minimum absolute atomic E-state index is 0.0345. The maximum Gasteiger partial charge on any atom is 0.306 e. The third-order valence-electron chi connectivity index (χ3n) is 4.92. The molecule has 30 heavy (non-hydrogen) atoms. The van der Waals surface area contributed by atoms with E-state index in [1.54, 1.807) is 49.5 Å². The fourth-order valence-corrected chi connectivity index (χ4v) is 5.42. The van der Waals surface area contributed by atoms with E-state index in [2.05, 4.69) is 0 Å². The lowest BCUT2D eigenvalue weighted by atomic mass is 10.2. The molecule has 3 rings (SSSR count). The Morgan fingerprint density at radius 3 is 2.33 bits per heavy atom. The summed E-state index contributed by atoms with van der Waals surface area (Å²) in [6.45, 7) is 2.11. The normalized spacial score (nSPS) is 19.4. The Morgan fingerprint density at radius 1 is 1.03 bits per heavy atom. The minimum Gasteiger partial charge on any atom is -0.457 e. The molecule has 1 unspecified atom stereocenters. The maximum absolute atomic E-state index is 13.1. The predicted molar refractivity (Wildman–Crippen MR) is 118 cm³/mol. The Kier molecular flexibility index (Phi) is 6.19. The Balaban J connectivity index is 2.00. The molecule has 1 heterocycles. The summed E-state index contributed by atoms with van der Waals surface area (Å²) in [6.07, 6.45) is 6.47. The number of sulfone groups is 1. The molecule has 0 saturated heterocycles. The predicted octanol–water partition coefficient (Wildman–Crippen LogP) is 2.95. The smallest absolute Gasteiger partial charge is 0.306 e. The van der Waals surface area contributed by atoms with Crippen molar-refractivity contribution in [2.24, 2.45) is 5.73 Å². The summed E-state index contributed by atoms with van der Waals surface area (Å²) in [5, 5.41) is 0. The van der Waals surface area contributed by atoms with E-state index in [1.807, 2.05) is 12.2 Å². The third kappa shape index (κ3) is 4.34. The molecule has 0 amide bonds. The largest absolute Gasteiger partial charge is 0.457 e. The Hall–Kier alpha value is -2.46. The van der Waals surface area contributed by atoms with Crippen molar-refractivity contribution in [1.29, 1.82) is 0 Å². The molecule has 0 aromatic heterocycles. The number of ether oxygens (including phenoxy) is 1. The van der Waals surface area contributed by atoms with Crippen molar-refractivity contribution in [3.63, 3.8) is 0 Å². The van der Waals surface area contributed by atoms with E-state index in [9.17, 15) is 16.8 Å². The average Bonchev–Trinajstić information content (AvgIpc) is 2.73. The number of nitrogens with two attached hydrogens (primary N) is 1. The molecule has 0 bridgehead atoms. The van der Waals surface area contributed by atoms with Gasteiger partial charge in [-0.2, -0.15) is 12.3 Å². The van der Waals surface area contributed by atoms with Gasteiger partial charge in [-0.05, 0) is 43.3 Å². The van der Waals surface area contributed by atoms with Crippen LogP contribution in [-0.2, 0) is 19.9 Å². The van der Waals surface area contributed by atoms with Crippen LogP contribution in [-0.4, -0.2) is 41.9 Å². The summed E-state index contributed by atoms with van der Waals surface area (Å²) < 4.78 is 54.9. The van der Waals surface area contributed by atoms with Gasteiger partial charge in [-0.15, -0.1) is 0 Å². The number of benzene rings is 2. The second-order valence-electron chi connectivity index (χ2n) is 7.00. The molecule has 2 aromatic carbocycles. The zero-order valence-corrected chi connectivity index (χ0v) is 18.5. The maximum atomic E-state index is 13.1. The first-order chi connectivity index (χ1) is 14.1. The number of hydrogen-bond acceptors (Lipinski definition) is 6. The van der Waals surface area contributed by atoms with Crippen LogP contribution in [0.1, 0.15) is 6.92 Å². The molecule has 0 saturated carbocycles. The summed E-state index contributed by atoms with van der Waals surface area (Å²) in [7, 11) is -6.86. The highest BCUT2D eigenvalue weighted by Crippen LogP contribution is 2.36. The van der Waals surface area contributed by atoms with Gasteiger partial charge in [-0.1, -0.05) is 12.1 Å². The van der Waals surface area contributed by atoms with E-state index in [1.165, 1.54) is 12.1 Å². The second kappa shape index (κ2) is 8.35. The summed E-state index contributed by atoms with van der Waals surface area (Å²) in [4.78, 5) is 0.196. The van der Waals surface area contributed by atoms with Crippen LogP contribution in [0.15, 0.2) is 77.4 Å². The average molecular weight is 450 g/mol. The number of quaternary nitrogens is 1. The van der Waals surface area contributed by atoms with E-state index in [0.717, 1.165) is 11.8 Å². The van der Waals surface area contributed by atoms with Crippen molar-refractivity contribution in [3.05, 3.63) is 72.5 Å². The van der Waals surface area contributed by atoms with Gasteiger partial charge in [0.05, 0.1) is 10.6 Å². The van der Waals surface area contributed by atoms with Gasteiger partial charge in [0, 0.05) is 30.5 Å². The zero-order chi connectivity index (χ0) is 22.0. The first-order valence-electron chi connectivity index (χ1n) is 9.39. The fourth-order valence-electron chi connectivity index (χ4n) is 3.28. The highest BCUT2D eigenvalue weighted by molar-refractivity contribution is 7.91. The van der Waals surface area contributed by atoms with E-state index in [4.69, 9.17) is 10.5 Å². The molecule has 0 fully saturated rings. The molecular weight excluding hydrogens is 424 g/mol. The van der Waals surface area contributed by atoms with Crippen LogP contribution >= 0.6 is 0 Å². The molecule has 9 heteroatoms. The van der Waals surface area contributed by atoms with Crippen LogP contribution < -0.4 is 14.4 Å². The van der Waals surface area contributed by atoms with Crippen LogP contribution in [0.2, 0.25) is 0 Å². The van der Waals surface area contributed by atoms with Gasteiger partial charge >= 0.3 is 10.0 Å². The number of hydrogen-bond donors (Lipinski definition) is 1. The Bertz CT molecular complexity index is 1200. The monoisotopic (exact) mass is 449 g/mol. The first kappa shape index (κ1) is 22.2. The number of nitrogens with zero attached hydrogens (tertiary/aromatic N) is 1. The van der Waals surface area contributed by atoms with Crippen LogP contribution in [0.4, 0.5) is 5.69 Å². The van der Waals surface area contributed by atoms with Crippen LogP contribution in [0.25, 0.3) is 0 Å². The molecule has 1 atom stereocenters. The molecule has 1 aliphatic heterocycles. The van der Waals surface area contributed by atoms with Crippen molar-refractivity contribution in [2.75, 3.05) is 25.1 Å². The fraction of sp³-hybridized carbons (Fsp3) is 0.238. The molecule has 2 aromatic rings. The van der Waals surface area contributed by atoms with E-state index in [-0.39, 0.29) is 27.6 Å². The standard InChI is InChI=1S/C21H25N2O5S2/c1-3-30(26,27)23(13-5-6-17(15-22)16-23)18-7-4-8-20(14-18)28-19-9-11-21(12-10-19)29(2,24)25/h4-12,14,16H,3,13,15,22H2,1-2H3/q+1. The molecular formula is C21H25N2O5S2+. The van der Waals surface area contributed by atoms with Crippen LogP contribution in [0.5, 0.6) is 11.5 Å². The lowest BCUT2D eigenvalue weighted by Crippen LogP contribution is -2.51. The molecule has 7 nitrogen and oxygen atoms in total. The lowest BCUT2D eigenvalue weighted by Gasteiger charge is -2.34. The highest BCUT2D eigenvalue weighted by atomic mass is 32.2. The van der Waals surface area contributed by atoms with Crippen molar-refractivity contribution >= 4 is 25.5 Å². The zero-order valence-electron chi connectivity index (χ0n) is 16.9. The molecule has 0 aliphatic carbocycles. The quantitative estimate of drug-likeness (QED) is 0.652. The number of rotatable bonds is 7. The van der Waals surface area contributed by atoms with Gasteiger partial charge in [0.2, 0.25) is 0 Å². The molecule has 1 aliphatic rings. The van der Waals surface area contributed by atoms with Crippen molar-refractivity contribution < 1.29 is 21.6 Å². The molecule has 2 N–H and O–H groups in total. The number of sulfonamides is 1. The molecule has 0 spiro atoms. The van der Waals surface area contributed by atoms with Crippen molar-refractivity contribution in [1.82, 2.24) is 3.89 Å². The molecule has 0 radical (unpaired) electrons. The topological polar surface area (TPSA) is 104 Å². The van der Waals surface area contributed by atoms with E-state index >= 15 is 0 Å². The Labute approximate surface area is 177 Å². The first-order valence-corrected chi connectivity index (χ1v) is 12.9. The van der Waals surface area contributed by atoms with Gasteiger partial charge < -0.3 is 10.5 Å². The SMILES string of the molecule is CCS(=O)(=O)[N+]1(c2cccc(Oc3ccc(S(C)(=O)=O)cc3)c2)C=C(CN)C=CC1.